The molecule has 0 aliphatic carbocycles. The molecule has 0 unspecified atom stereocenters. The van der Waals surface area contributed by atoms with Gasteiger partial charge in [-0.3, -0.25) is 4.99 Å². The number of rotatable bonds is 8. The number of aliphatic imine (C=N–C) groups is 1. The summed E-state index contributed by atoms with van der Waals surface area (Å²) < 4.78 is 28.6. The molecule has 0 amide bonds. The summed E-state index contributed by atoms with van der Waals surface area (Å²) in [6.07, 6.45) is 4.14. The van der Waals surface area contributed by atoms with Gasteiger partial charge in [-0.2, -0.15) is 0 Å². The molecule has 3 rings (SSSR count). The smallest absolute Gasteiger partial charge is 0.191 e. The topological polar surface area (TPSA) is 95.6 Å². The summed E-state index contributed by atoms with van der Waals surface area (Å²) in [5, 5.41) is 7.78. The van der Waals surface area contributed by atoms with Crippen LogP contribution in [0.15, 0.2) is 58.5 Å². The number of fused-ring (bicyclic) bond motifs is 1. The first-order valence-corrected chi connectivity index (χ1v) is 11.7. The van der Waals surface area contributed by atoms with E-state index in [9.17, 15) is 8.42 Å². The lowest BCUT2D eigenvalue weighted by atomic mass is 10.1. The predicted octanol–water partition coefficient (Wildman–Crippen LogP) is 3.28. The van der Waals surface area contributed by atoms with Crippen LogP contribution in [0.3, 0.4) is 0 Å². The van der Waals surface area contributed by atoms with Crippen LogP contribution < -0.4 is 15.4 Å². The van der Waals surface area contributed by atoms with Gasteiger partial charge in [0.1, 0.15) is 12.4 Å². The summed E-state index contributed by atoms with van der Waals surface area (Å²) in [6, 6.07) is 12.7. The maximum absolute atomic E-state index is 11.5. The molecule has 168 valence electrons. The fourth-order valence-electron chi connectivity index (χ4n) is 3.23. The van der Waals surface area contributed by atoms with E-state index < -0.39 is 9.84 Å². The number of halogens is 1. The number of hydrogen-bond donors (Lipinski definition) is 3. The van der Waals surface area contributed by atoms with Gasteiger partial charge in [-0.15, -0.1) is 24.0 Å². The van der Waals surface area contributed by atoms with Crippen LogP contribution in [-0.2, 0) is 16.3 Å². The highest BCUT2D eigenvalue weighted by Crippen LogP contribution is 2.21. The third-order valence-electron chi connectivity index (χ3n) is 4.83. The minimum Gasteiger partial charge on any atom is -0.492 e. The van der Waals surface area contributed by atoms with Crippen molar-refractivity contribution in [1.29, 1.82) is 0 Å². The first-order valence-electron chi connectivity index (χ1n) is 9.81. The van der Waals surface area contributed by atoms with E-state index in [2.05, 4.69) is 51.9 Å². The number of aromatic amines is 1. The van der Waals surface area contributed by atoms with Crippen LogP contribution in [0.1, 0.15) is 11.1 Å². The van der Waals surface area contributed by atoms with Crippen LogP contribution in [0.2, 0.25) is 0 Å². The zero-order chi connectivity index (χ0) is 21.6. The van der Waals surface area contributed by atoms with Crippen molar-refractivity contribution in [2.24, 2.45) is 4.99 Å². The average molecular weight is 556 g/mol. The molecule has 2 aromatic carbocycles. The Morgan fingerprint density at radius 1 is 1.10 bits per heavy atom. The molecule has 0 saturated heterocycles. The molecule has 1 aromatic heterocycles. The fourth-order valence-corrected chi connectivity index (χ4v) is 3.86. The molecule has 0 fully saturated rings. The maximum atomic E-state index is 11.5. The molecule has 0 saturated carbocycles. The second-order valence-corrected chi connectivity index (χ2v) is 9.09. The molecule has 0 spiro atoms. The Kier molecular flexibility index (Phi) is 9.17. The number of hydrogen-bond acceptors (Lipinski definition) is 4. The molecule has 0 aliphatic heterocycles. The number of nitrogens with one attached hydrogen (secondary N) is 3. The van der Waals surface area contributed by atoms with Gasteiger partial charge in [0, 0.05) is 36.9 Å². The maximum Gasteiger partial charge on any atom is 0.191 e. The summed E-state index contributed by atoms with van der Waals surface area (Å²) in [5.41, 5.74) is 3.71. The van der Waals surface area contributed by atoms with Crippen molar-refractivity contribution < 1.29 is 13.2 Å². The van der Waals surface area contributed by atoms with Crippen molar-refractivity contribution in [2.75, 3.05) is 33.0 Å². The lowest BCUT2D eigenvalue weighted by Gasteiger charge is -2.12. The molecule has 0 radical (unpaired) electrons. The Labute approximate surface area is 200 Å². The molecule has 0 aliphatic rings. The third-order valence-corrected chi connectivity index (χ3v) is 5.96. The highest BCUT2D eigenvalue weighted by molar-refractivity contribution is 14.0. The Hall–Kier alpha value is -2.27. The van der Waals surface area contributed by atoms with Crippen molar-refractivity contribution in [1.82, 2.24) is 15.6 Å². The standard InChI is InChI=1S/C22H28N4O3S.HI/c1-16-5-4-6-20-17(15-26-21(16)20)11-12-24-22(23-2)25-13-14-29-18-7-9-19(10-8-18)30(3,27)28;/h4-10,15,26H,11-14H2,1-3H3,(H2,23,24,25);1H. The van der Waals surface area contributed by atoms with Crippen LogP contribution in [0.25, 0.3) is 10.9 Å². The molecule has 1 heterocycles. The zero-order valence-corrected chi connectivity index (χ0v) is 21.1. The molecule has 3 aromatic rings. The van der Waals surface area contributed by atoms with Crippen LogP contribution >= 0.6 is 24.0 Å². The van der Waals surface area contributed by atoms with E-state index in [0.29, 0.717) is 24.9 Å². The summed E-state index contributed by atoms with van der Waals surface area (Å²) in [6.45, 7) is 3.86. The molecule has 0 bridgehead atoms. The van der Waals surface area contributed by atoms with Gasteiger partial charge in [0.15, 0.2) is 15.8 Å². The number of sulfone groups is 1. The van der Waals surface area contributed by atoms with E-state index in [1.807, 2.05) is 0 Å². The van der Waals surface area contributed by atoms with E-state index in [4.69, 9.17) is 4.74 Å². The van der Waals surface area contributed by atoms with E-state index in [0.717, 1.165) is 13.0 Å². The van der Waals surface area contributed by atoms with Crippen molar-refractivity contribution in [3.63, 3.8) is 0 Å². The van der Waals surface area contributed by atoms with Crippen LogP contribution in [-0.4, -0.2) is 52.4 Å². The molecule has 0 atom stereocenters. The van der Waals surface area contributed by atoms with Gasteiger partial charge in [-0.05, 0) is 48.7 Å². The molecular weight excluding hydrogens is 527 g/mol. The van der Waals surface area contributed by atoms with E-state index in [-0.39, 0.29) is 28.9 Å². The van der Waals surface area contributed by atoms with E-state index in [1.165, 1.54) is 28.3 Å². The quantitative estimate of drug-likeness (QED) is 0.171. The SMILES string of the molecule is CN=C(NCCOc1ccc(S(C)(=O)=O)cc1)NCCc1c[nH]c2c(C)cccc12.I. The monoisotopic (exact) mass is 556 g/mol. The van der Waals surface area contributed by atoms with Gasteiger partial charge in [0.05, 0.1) is 11.4 Å². The average Bonchev–Trinajstić information content (AvgIpc) is 3.14. The normalized spacial score (nSPS) is 11.8. The number of guanidine groups is 1. The minimum absolute atomic E-state index is 0. The second kappa shape index (κ2) is 11.4. The third kappa shape index (κ3) is 6.86. The van der Waals surface area contributed by atoms with Crippen LogP contribution in [0.4, 0.5) is 0 Å². The number of para-hydroxylation sites is 1. The van der Waals surface area contributed by atoms with Gasteiger partial charge < -0.3 is 20.4 Å². The highest BCUT2D eigenvalue weighted by Gasteiger charge is 2.07. The Bertz CT molecular complexity index is 1130. The van der Waals surface area contributed by atoms with Crippen LogP contribution in [0, 0.1) is 6.92 Å². The Balaban J connectivity index is 0.00000341. The lowest BCUT2D eigenvalue weighted by Crippen LogP contribution is -2.40. The number of benzene rings is 2. The summed E-state index contributed by atoms with van der Waals surface area (Å²) in [4.78, 5) is 7.87. The van der Waals surface area contributed by atoms with Crippen molar-refractivity contribution in [3.8, 4) is 5.75 Å². The van der Waals surface area contributed by atoms with Crippen molar-refractivity contribution >= 4 is 50.7 Å². The number of nitrogens with zero attached hydrogens (tertiary/aromatic N) is 1. The van der Waals surface area contributed by atoms with Crippen molar-refractivity contribution in [2.45, 2.75) is 18.2 Å². The number of aryl methyl sites for hydroxylation is 1. The van der Waals surface area contributed by atoms with Crippen molar-refractivity contribution in [3.05, 3.63) is 59.8 Å². The number of H-pyrrole nitrogens is 1. The fraction of sp³-hybridized carbons (Fsp3) is 0.318. The highest BCUT2D eigenvalue weighted by atomic mass is 127. The van der Waals surface area contributed by atoms with Gasteiger partial charge >= 0.3 is 0 Å². The van der Waals surface area contributed by atoms with E-state index in [1.54, 1.807) is 31.3 Å². The van der Waals surface area contributed by atoms with Gasteiger partial charge in [0.25, 0.3) is 0 Å². The number of ether oxygens (including phenoxy) is 1. The van der Waals surface area contributed by atoms with Gasteiger partial charge in [-0.25, -0.2) is 8.42 Å². The predicted molar refractivity (Wildman–Crippen MR) is 137 cm³/mol. The largest absolute Gasteiger partial charge is 0.492 e. The van der Waals surface area contributed by atoms with E-state index >= 15 is 0 Å². The Morgan fingerprint density at radius 3 is 2.48 bits per heavy atom. The molecule has 7 nitrogen and oxygen atoms in total. The van der Waals surface area contributed by atoms with Gasteiger partial charge in [-0.1, -0.05) is 18.2 Å². The molecule has 31 heavy (non-hydrogen) atoms. The first-order chi connectivity index (χ1) is 14.4. The van der Waals surface area contributed by atoms with Gasteiger partial charge in [0.2, 0.25) is 0 Å². The molecule has 3 N–H and O–H groups in total. The molecular formula is C22H29IN4O3S. The summed E-state index contributed by atoms with van der Waals surface area (Å²) >= 11 is 0. The number of aromatic nitrogens is 1. The second-order valence-electron chi connectivity index (χ2n) is 7.08. The van der Waals surface area contributed by atoms with Crippen LogP contribution in [0.5, 0.6) is 5.75 Å². The zero-order valence-electron chi connectivity index (χ0n) is 17.9. The first kappa shape index (κ1) is 25.0. The summed E-state index contributed by atoms with van der Waals surface area (Å²) in [7, 11) is -1.46. The minimum atomic E-state index is -3.19. The lowest BCUT2D eigenvalue weighted by molar-refractivity contribution is 0.321. The summed E-state index contributed by atoms with van der Waals surface area (Å²) in [5.74, 6) is 1.34. The Morgan fingerprint density at radius 2 is 1.81 bits per heavy atom. The molecule has 9 heteroatoms.